The summed E-state index contributed by atoms with van der Waals surface area (Å²) in [4.78, 5) is 29.4. The lowest BCUT2D eigenvalue weighted by Crippen LogP contribution is -2.13. The molecule has 19 heavy (non-hydrogen) atoms. The van der Waals surface area contributed by atoms with Gasteiger partial charge >= 0.3 is 5.97 Å². The lowest BCUT2D eigenvalue weighted by molar-refractivity contribution is -0.142. The van der Waals surface area contributed by atoms with Crippen LogP contribution < -0.4 is 15.8 Å². The number of anilines is 2. The van der Waals surface area contributed by atoms with Crippen LogP contribution in [0.3, 0.4) is 0 Å². The van der Waals surface area contributed by atoms with Gasteiger partial charge in [-0.2, -0.15) is 9.97 Å². The first-order chi connectivity index (χ1) is 9.12. The molecule has 1 aromatic rings. The molecule has 104 valence electrons. The summed E-state index contributed by atoms with van der Waals surface area (Å²) in [6.45, 7) is 2.25. The van der Waals surface area contributed by atoms with E-state index in [1.54, 1.807) is 6.92 Å². The van der Waals surface area contributed by atoms with Crippen LogP contribution >= 0.6 is 0 Å². The van der Waals surface area contributed by atoms with Crippen molar-refractivity contribution in [1.29, 1.82) is 0 Å². The number of ether oxygens (including phenoxy) is 2. The Balaban J connectivity index is 2.74. The van der Waals surface area contributed by atoms with Crippen LogP contribution in [0.25, 0.3) is 0 Å². The molecule has 0 saturated heterocycles. The number of carbonyl (C=O) groups excluding carboxylic acids is 1. The molecular weight excluding hydrogens is 254 g/mol. The molecule has 0 radical (unpaired) electrons. The van der Waals surface area contributed by atoms with E-state index in [1.807, 2.05) is 0 Å². The van der Waals surface area contributed by atoms with Crippen molar-refractivity contribution in [2.24, 2.45) is 5.18 Å². The average Bonchev–Trinajstić information content (AvgIpc) is 2.38. The van der Waals surface area contributed by atoms with Crippen molar-refractivity contribution < 1.29 is 14.3 Å². The number of methoxy groups -OCH3 is 1. The molecule has 1 aromatic heterocycles. The van der Waals surface area contributed by atoms with Crippen LogP contribution in [0.5, 0.6) is 5.88 Å². The highest BCUT2D eigenvalue weighted by molar-refractivity contribution is 5.71. The molecule has 0 spiro atoms. The second-order valence-corrected chi connectivity index (χ2v) is 3.36. The summed E-state index contributed by atoms with van der Waals surface area (Å²) in [5, 5.41) is 5.55. The number of esters is 1. The predicted molar refractivity (Wildman–Crippen MR) is 68.2 cm³/mol. The van der Waals surface area contributed by atoms with E-state index < -0.39 is 0 Å². The minimum Gasteiger partial charge on any atom is -0.479 e. The van der Waals surface area contributed by atoms with Gasteiger partial charge in [-0.25, -0.2) is 0 Å². The monoisotopic (exact) mass is 269 g/mol. The molecule has 3 N–H and O–H groups in total. The van der Waals surface area contributed by atoms with Crippen molar-refractivity contribution in [3.05, 3.63) is 4.91 Å². The minimum atomic E-state index is -0.357. The van der Waals surface area contributed by atoms with Gasteiger partial charge in [0, 0.05) is 6.54 Å². The third-order valence-corrected chi connectivity index (χ3v) is 2.08. The summed E-state index contributed by atoms with van der Waals surface area (Å²) in [7, 11) is 1.33. The molecule has 0 aromatic carbocycles. The number of nitroso groups, excluding NO2 is 1. The Bertz CT molecular complexity index is 465. The summed E-state index contributed by atoms with van der Waals surface area (Å²) >= 11 is 0. The molecule has 9 nitrogen and oxygen atoms in total. The van der Waals surface area contributed by atoms with Gasteiger partial charge in [0.15, 0.2) is 5.82 Å². The molecule has 0 fully saturated rings. The maximum absolute atomic E-state index is 11.1. The van der Waals surface area contributed by atoms with Crippen molar-refractivity contribution >= 4 is 23.4 Å². The Hall–Kier alpha value is -2.45. The summed E-state index contributed by atoms with van der Waals surface area (Å²) < 4.78 is 9.63. The number of nitrogens with one attached hydrogen (secondary N) is 1. The molecule has 1 heterocycles. The van der Waals surface area contributed by atoms with Crippen LogP contribution in [-0.4, -0.2) is 36.2 Å². The average molecular weight is 269 g/mol. The quantitative estimate of drug-likeness (QED) is 0.550. The van der Waals surface area contributed by atoms with Gasteiger partial charge in [0.25, 0.3) is 5.88 Å². The lowest BCUT2D eigenvalue weighted by atomic mass is 10.4. The Labute approximate surface area is 109 Å². The van der Waals surface area contributed by atoms with Crippen LogP contribution in [0, 0.1) is 4.91 Å². The molecule has 0 aliphatic carbocycles. The van der Waals surface area contributed by atoms with Gasteiger partial charge in [0.1, 0.15) is 0 Å². The normalized spacial score (nSPS) is 9.79. The molecule has 1 rings (SSSR count). The number of hydrogen-bond acceptors (Lipinski definition) is 9. The number of aromatic nitrogens is 2. The van der Waals surface area contributed by atoms with Crippen molar-refractivity contribution in [3.8, 4) is 5.88 Å². The molecule has 0 bridgehead atoms. The van der Waals surface area contributed by atoms with E-state index in [9.17, 15) is 9.70 Å². The fourth-order valence-electron chi connectivity index (χ4n) is 1.31. The first-order valence-corrected chi connectivity index (χ1v) is 5.56. The van der Waals surface area contributed by atoms with Crippen LogP contribution in [0.15, 0.2) is 5.18 Å². The van der Waals surface area contributed by atoms with E-state index in [2.05, 4.69) is 20.5 Å². The highest BCUT2D eigenvalue weighted by Gasteiger charge is 2.15. The van der Waals surface area contributed by atoms with Gasteiger partial charge in [-0.15, -0.1) is 4.91 Å². The van der Waals surface area contributed by atoms with E-state index in [4.69, 9.17) is 15.2 Å². The zero-order valence-corrected chi connectivity index (χ0v) is 10.7. The number of carbonyl (C=O) groups is 1. The van der Waals surface area contributed by atoms with Crippen molar-refractivity contribution in [3.63, 3.8) is 0 Å². The molecule has 9 heteroatoms. The highest BCUT2D eigenvalue weighted by atomic mass is 16.5. The smallest absolute Gasteiger partial charge is 0.307 e. The first-order valence-electron chi connectivity index (χ1n) is 5.56. The zero-order chi connectivity index (χ0) is 14.3. The maximum Gasteiger partial charge on any atom is 0.307 e. The van der Waals surface area contributed by atoms with Crippen LogP contribution in [0.1, 0.15) is 13.3 Å². The first kappa shape index (κ1) is 14.6. The molecule has 0 amide bonds. The fourth-order valence-corrected chi connectivity index (χ4v) is 1.31. The van der Waals surface area contributed by atoms with Crippen molar-refractivity contribution in [1.82, 2.24) is 9.97 Å². The topological polar surface area (TPSA) is 129 Å². The Kier molecular flexibility index (Phi) is 5.45. The largest absolute Gasteiger partial charge is 0.479 e. The number of nitrogens with two attached hydrogens (primary N) is 1. The Morgan fingerprint density at radius 2 is 2.21 bits per heavy atom. The van der Waals surface area contributed by atoms with E-state index in [0.717, 1.165) is 0 Å². The second kappa shape index (κ2) is 7.09. The van der Waals surface area contributed by atoms with Gasteiger partial charge in [-0.3, -0.25) is 4.79 Å². The summed E-state index contributed by atoms with van der Waals surface area (Å²) in [6.07, 6.45) is 0.123. The van der Waals surface area contributed by atoms with Crippen molar-refractivity contribution in [2.45, 2.75) is 13.3 Å². The van der Waals surface area contributed by atoms with Gasteiger partial charge < -0.3 is 20.5 Å². The standard InChI is InChI=1S/C10H15N5O4/c1-3-19-6(16)4-5-12-8-7(15-17)9(18-2)14-10(11)13-8/h3-5H2,1-2H3,(H3,11,12,13,14). The lowest BCUT2D eigenvalue weighted by Gasteiger charge is -2.09. The van der Waals surface area contributed by atoms with Crippen LogP contribution in [-0.2, 0) is 9.53 Å². The third kappa shape index (κ3) is 4.05. The van der Waals surface area contributed by atoms with E-state index in [-0.39, 0.29) is 42.3 Å². The molecule has 0 aliphatic rings. The predicted octanol–water partition coefficient (Wildman–Crippen LogP) is 0.830. The minimum absolute atomic E-state index is 0.0267. The van der Waals surface area contributed by atoms with Gasteiger partial charge in [0.2, 0.25) is 11.6 Å². The molecule has 0 saturated carbocycles. The van der Waals surface area contributed by atoms with Crippen molar-refractivity contribution in [2.75, 3.05) is 31.3 Å². The van der Waals surface area contributed by atoms with E-state index in [1.165, 1.54) is 7.11 Å². The Morgan fingerprint density at radius 3 is 2.79 bits per heavy atom. The van der Waals surface area contributed by atoms with Crippen LogP contribution in [0.2, 0.25) is 0 Å². The molecule has 0 aliphatic heterocycles. The highest BCUT2D eigenvalue weighted by Crippen LogP contribution is 2.32. The van der Waals surface area contributed by atoms with Gasteiger partial charge in [-0.1, -0.05) is 0 Å². The third-order valence-electron chi connectivity index (χ3n) is 2.08. The maximum atomic E-state index is 11.1. The van der Waals surface area contributed by atoms with E-state index in [0.29, 0.717) is 6.61 Å². The molecular formula is C10H15N5O4. The zero-order valence-electron chi connectivity index (χ0n) is 10.7. The fraction of sp³-hybridized carbons (Fsp3) is 0.500. The number of hydrogen-bond donors (Lipinski definition) is 2. The van der Waals surface area contributed by atoms with E-state index >= 15 is 0 Å². The summed E-state index contributed by atoms with van der Waals surface area (Å²) in [5.74, 6) is -0.336. The number of nitrogens with zero attached hydrogens (tertiary/aromatic N) is 3. The number of rotatable bonds is 7. The molecule has 0 unspecified atom stereocenters. The summed E-state index contributed by atoms with van der Waals surface area (Å²) in [5.41, 5.74) is 5.36. The van der Waals surface area contributed by atoms with Gasteiger partial charge in [-0.05, 0) is 12.1 Å². The molecule has 0 atom stereocenters. The summed E-state index contributed by atoms with van der Waals surface area (Å²) in [6, 6.07) is 0. The number of nitrogen functional groups attached to an aromatic ring is 1. The SMILES string of the molecule is CCOC(=O)CCNc1nc(N)nc(OC)c1N=O. The second-order valence-electron chi connectivity index (χ2n) is 3.36. The Morgan fingerprint density at radius 1 is 1.47 bits per heavy atom. The van der Waals surface area contributed by atoms with Crippen LogP contribution in [0.4, 0.5) is 17.5 Å². The van der Waals surface area contributed by atoms with Gasteiger partial charge in [0.05, 0.1) is 20.1 Å².